The van der Waals surface area contributed by atoms with Gasteiger partial charge in [0, 0.05) is 32.7 Å². The summed E-state index contributed by atoms with van der Waals surface area (Å²) in [6.07, 6.45) is 7.89. The summed E-state index contributed by atoms with van der Waals surface area (Å²) >= 11 is 0. The minimum absolute atomic E-state index is 0.0299. The van der Waals surface area contributed by atoms with Crippen LogP contribution >= 0.6 is 0 Å². The second kappa shape index (κ2) is 18.0. The molecule has 13 nitrogen and oxygen atoms in total. The molecule has 2 aliphatic rings. The Balaban J connectivity index is 2.39. The van der Waals surface area contributed by atoms with Gasteiger partial charge in [-0.25, -0.2) is 17.5 Å². The van der Waals surface area contributed by atoms with Gasteiger partial charge in [-0.1, -0.05) is 87.1 Å². The Morgan fingerprint density at radius 3 is 2.06 bits per heavy atom. The number of nitrogens with one attached hydrogen (secondary N) is 4. The van der Waals surface area contributed by atoms with Crippen molar-refractivity contribution >= 4 is 39.6 Å². The molecule has 5 atom stereocenters. The van der Waals surface area contributed by atoms with E-state index in [1.54, 1.807) is 0 Å². The van der Waals surface area contributed by atoms with Crippen LogP contribution in [0.3, 0.4) is 0 Å². The predicted molar refractivity (Wildman–Crippen MR) is 195 cm³/mol. The molecule has 1 aliphatic carbocycles. The molecule has 1 saturated heterocycles. The average molecular weight is 725 g/mol. The topological polar surface area (TPSA) is 174 Å². The number of hydrogen-bond acceptors (Lipinski definition) is 7. The summed E-state index contributed by atoms with van der Waals surface area (Å²) in [6.45, 7) is 19.3. The lowest BCUT2D eigenvalue weighted by Gasteiger charge is -2.38. The molecule has 0 aromatic carbocycles. The largest absolute Gasteiger partial charge is 0.346 e. The van der Waals surface area contributed by atoms with E-state index in [9.17, 15) is 32.4 Å². The maximum Gasteiger partial charge on any atom is 0.315 e. The molecule has 2 rings (SSSR count). The van der Waals surface area contributed by atoms with Crippen LogP contribution in [-0.4, -0.2) is 104 Å². The number of nitrogens with zero attached hydrogens (tertiary/aromatic N) is 2. The van der Waals surface area contributed by atoms with Crippen molar-refractivity contribution in [2.75, 3.05) is 32.9 Å². The van der Waals surface area contributed by atoms with E-state index in [2.05, 4.69) is 41.7 Å². The fraction of sp³-hybridized carbons (Fsp3) is 0.806. The van der Waals surface area contributed by atoms with Crippen molar-refractivity contribution in [2.45, 2.75) is 125 Å². The summed E-state index contributed by atoms with van der Waals surface area (Å²) in [6, 6.07) is -4.17. The van der Waals surface area contributed by atoms with Crippen LogP contribution in [0.5, 0.6) is 0 Å². The number of urea groups is 1. The van der Waals surface area contributed by atoms with Crippen LogP contribution in [0.15, 0.2) is 12.7 Å². The van der Waals surface area contributed by atoms with Gasteiger partial charge in [-0.3, -0.25) is 19.2 Å². The Hall–Kier alpha value is -3.00. The highest BCUT2D eigenvalue weighted by atomic mass is 32.2. The minimum atomic E-state index is -3.51. The summed E-state index contributed by atoms with van der Waals surface area (Å²) in [5.74, 6) is -2.00. The van der Waals surface area contributed by atoms with Crippen molar-refractivity contribution in [1.82, 2.24) is 30.5 Å². The fourth-order valence-corrected chi connectivity index (χ4v) is 6.76. The third kappa shape index (κ3) is 12.6. The molecule has 0 aromatic heterocycles. The van der Waals surface area contributed by atoms with Crippen LogP contribution < -0.4 is 21.3 Å². The molecule has 4 N–H and O–H groups in total. The van der Waals surface area contributed by atoms with Crippen LogP contribution in [0.4, 0.5) is 4.79 Å². The van der Waals surface area contributed by atoms with Crippen LogP contribution in [0.1, 0.15) is 100 Å². The number of ketones is 1. The van der Waals surface area contributed by atoms with Gasteiger partial charge < -0.3 is 26.2 Å². The molecule has 1 saturated carbocycles. The van der Waals surface area contributed by atoms with E-state index in [0.717, 1.165) is 31.9 Å². The summed E-state index contributed by atoms with van der Waals surface area (Å²) in [4.78, 5) is 69.8. The zero-order valence-electron chi connectivity index (χ0n) is 32.1. The number of likely N-dealkylation sites (N-methyl/N-ethyl adjacent to an activating group) is 1. The van der Waals surface area contributed by atoms with E-state index in [0.29, 0.717) is 31.7 Å². The number of carbonyl (C=O) groups excluding carboxylic acids is 5. The number of likely N-dealkylation sites (tertiary alicyclic amines) is 1. The van der Waals surface area contributed by atoms with Crippen molar-refractivity contribution in [2.24, 2.45) is 28.6 Å². The van der Waals surface area contributed by atoms with Gasteiger partial charge in [0.15, 0.2) is 0 Å². The number of amides is 5. The second-order valence-electron chi connectivity index (χ2n) is 16.8. The standard InChI is InChI=1S/C36H64N6O7S/c1-12-19-37-32(45)29(43)26(21-24-14-13-15-24)38-31(44)28-25(17-16-23(2)3)18-20-42(28)33(46)30(36(7,8)9)40-34(47)39-27(35(4,5)6)22-41(10)50(11,48)49/h12,23-28,30H,1,13-22H2,2-11H3,(H,37,45)(H,38,44)(H2,39,40,47)/t25-,26?,27+,28-,30+/m0/s1. The van der Waals surface area contributed by atoms with Gasteiger partial charge in [-0.05, 0) is 47.8 Å². The molecule has 5 amide bonds. The lowest BCUT2D eigenvalue weighted by molar-refractivity contribution is -0.144. The minimum Gasteiger partial charge on any atom is -0.346 e. The van der Waals surface area contributed by atoms with Gasteiger partial charge in [-0.15, -0.1) is 6.58 Å². The van der Waals surface area contributed by atoms with Crippen LogP contribution in [0.25, 0.3) is 0 Å². The van der Waals surface area contributed by atoms with E-state index < -0.39 is 74.6 Å². The molecular weight excluding hydrogens is 660 g/mol. The van der Waals surface area contributed by atoms with Crippen molar-refractivity contribution in [1.29, 1.82) is 0 Å². The zero-order chi connectivity index (χ0) is 38.2. The number of Topliss-reactive ketones (excluding diaryl/α,β-unsaturated/α-hetero) is 1. The van der Waals surface area contributed by atoms with Crippen LogP contribution in [0, 0.1) is 28.6 Å². The van der Waals surface area contributed by atoms with Gasteiger partial charge >= 0.3 is 6.03 Å². The molecule has 2 fully saturated rings. The summed E-state index contributed by atoms with van der Waals surface area (Å²) in [5.41, 5.74) is -1.28. The smallest absolute Gasteiger partial charge is 0.315 e. The number of carbonyl (C=O) groups is 5. The lowest BCUT2D eigenvalue weighted by atomic mass is 9.80. The fourth-order valence-electron chi connectivity index (χ4n) is 6.34. The SMILES string of the molecule is C=CCNC(=O)C(=O)C(CC1CCC1)NC(=O)[C@@H]1[C@@H](CCC(C)C)CCN1C(=O)[C@@H](NC(=O)N[C@H](CN(C)S(C)(=O)=O)C(C)(C)C)C(C)(C)C. The highest BCUT2D eigenvalue weighted by molar-refractivity contribution is 7.88. The van der Waals surface area contributed by atoms with E-state index in [4.69, 9.17) is 0 Å². The maximum absolute atomic E-state index is 14.5. The number of hydrogen-bond donors (Lipinski definition) is 4. The molecule has 14 heteroatoms. The first kappa shape index (κ1) is 43.2. The van der Waals surface area contributed by atoms with Crippen molar-refractivity contribution < 1.29 is 32.4 Å². The quantitative estimate of drug-likeness (QED) is 0.132. The van der Waals surface area contributed by atoms with Gasteiger partial charge in [-0.2, -0.15) is 0 Å². The van der Waals surface area contributed by atoms with E-state index in [1.807, 2.05) is 41.5 Å². The molecule has 50 heavy (non-hydrogen) atoms. The number of sulfonamides is 1. The molecule has 286 valence electrons. The summed E-state index contributed by atoms with van der Waals surface area (Å²) in [7, 11) is -2.06. The molecule has 1 heterocycles. The Labute approximate surface area is 300 Å². The molecule has 0 aromatic rings. The highest BCUT2D eigenvalue weighted by Gasteiger charge is 2.47. The van der Waals surface area contributed by atoms with Gasteiger partial charge in [0.2, 0.25) is 27.6 Å². The van der Waals surface area contributed by atoms with Crippen molar-refractivity contribution in [3.8, 4) is 0 Å². The molecule has 0 radical (unpaired) electrons. The maximum atomic E-state index is 14.5. The highest BCUT2D eigenvalue weighted by Crippen LogP contribution is 2.34. The molecular formula is C36H64N6O7S. The van der Waals surface area contributed by atoms with Crippen LogP contribution in [0.2, 0.25) is 0 Å². The number of rotatable bonds is 17. The third-order valence-corrected chi connectivity index (χ3v) is 11.3. The Kier molecular flexibility index (Phi) is 15.5. The molecule has 1 unspecified atom stereocenters. The summed E-state index contributed by atoms with van der Waals surface area (Å²) in [5, 5.41) is 11.1. The average Bonchev–Trinajstić information content (AvgIpc) is 3.40. The van der Waals surface area contributed by atoms with Crippen molar-refractivity contribution in [3.05, 3.63) is 12.7 Å². The van der Waals surface area contributed by atoms with E-state index >= 15 is 0 Å². The first-order chi connectivity index (χ1) is 23.0. The van der Waals surface area contributed by atoms with Crippen LogP contribution in [-0.2, 0) is 29.2 Å². The normalized spacial score (nSPS) is 20.4. The third-order valence-electron chi connectivity index (χ3n) is 9.99. The monoisotopic (exact) mass is 724 g/mol. The first-order valence-corrected chi connectivity index (χ1v) is 19.8. The lowest BCUT2D eigenvalue weighted by Crippen LogP contribution is -2.62. The van der Waals surface area contributed by atoms with Crippen molar-refractivity contribution in [3.63, 3.8) is 0 Å². The van der Waals surface area contributed by atoms with E-state index in [1.165, 1.54) is 22.3 Å². The van der Waals surface area contributed by atoms with Gasteiger partial charge in [0.1, 0.15) is 12.1 Å². The Morgan fingerprint density at radius 1 is 0.960 bits per heavy atom. The van der Waals surface area contributed by atoms with E-state index in [-0.39, 0.29) is 24.9 Å². The van der Waals surface area contributed by atoms with Gasteiger partial charge in [0.25, 0.3) is 5.91 Å². The first-order valence-electron chi connectivity index (χ1n) is 18.0. The second-order valence-corrected chi connectivity index (χ2v) is 18.9. The molecule has 0 spiro atoms. The molecule has 1 aliphatic heterocycles. The Bertz CT molecular complexity index is 1330. The summed E-state index contributed by atoms with van der Waals surface area (Å²) < 4.78 is 25.5. The van der Waals surface area contributed by atoms with Gasteiger partial charge in [0.05, 0.1) is 12.3 Å². The molecule has 0 bridgehead atoms. The Morgan fingerprint density at radius 2 is 1.58 bits per heavy atom. The predicted octanol–water partition coefficient (Wildman–Crippen LogP) is 3.21. The zero-order valence-corrected chi connectivity index (χ0v) is 32.9.